The number of ether oxygens (including phenoxy) is 4. The van der Waals surface area contributed by atoms with Crippen molar-refractivity contribution in [3.8, 4) is 34.5 Å². The SMILES string of the molecule is CCC(Oc1ccc(C(c2ccc(Oc3ccc(S(=O)(=O)c4ccc(C)cc4)cc3)cc2)(C(F)(F)F)C(F)(F)F)cc1)C(C)c1ccc(S(=O)(=O)c2ccc(Oc3ccc(/C(=C(/c4ccccc4)c4ccc(OC(C)(C)C)cc4)c4ccccc4)cc3)cc2)cc1. The van der Waals surface area contributed by atoms with Crippen molar-refractivity contribution in [2.45, 2.75) is 103 Å². The van der Waals surface area contributed by atoms with Gasteiger partial charge >= 0.3 is 12.4 Å². The highest BCUT2D eigenvalue weighted by molar-refractivity contribution is 7.91. The normalized spacial score (nSPS) is 13.4. The van der Waals surface area contributed by atoms with Crippen LogP contribution in [0.4, 0.5) is 26.3 Å². The molecule has 8 nitrogen and oxygen atoms in total. The minimum absolute atomic E-state index is 0.0121. The lowest BCUT2D eigenvalue weighted by Crippen LogP contribution is -2.54. The Morgan fingerprint density at radius 3 is 1.05 bits per heavy atom. The number of halogens is 6. The van der Waals surface area contributed by atoms with Gasteiger partial charge in [-0.3, -0.25) is 0 Å². The molecular formula is C75H64F6O8S2. The first-order valence-electron chi connectivity index (χ1n) is 29.2. The van der Waals surface area contributed by atoms with E-state index in [0.29, 0.717) is 35.6 Å². The molecular weight excluding hydrogens is 1210 g/mol. The summed E-state index contributed by atoms with van der Waals surface area (Å²) in [6, 6.07) is 67.0. The highest BCUT2D eigenvalue weighted by Crippen LogP contribution is 2.57. The third-order valence-electron chi connectivity index (χ3n) is 15.5. The van der Waals surface area contributed by atoms with Gasteiger partial charge < -0.3 is 18.9 Å². The van der Waals surface area contributed by atoms with Crippen LogP contribution in [0.3, 0.4) is 0 Å². The van der Waals surface area contributed by atoms with Gasteiger partial charge in [-0.1, -0.05) is 153 Å². The largest absolute Gasteiger partial charge is 0.490 e. The molecule has 0 fully saturated rings. The lowest BCUT2D eigenvalue weighted by Gasteiger charge is -2.38. The first-order chi connectivity index (χ1) is 43.2. The van der Waals surface area contributed by atoms with Crippen LogP contribution in [0.25, 0.3) is 11.1 Å². The van der Waals surface area contributed by atoms with Crippen LogP contribution in [0, 0.1) is 6.92 Å². The second-order valence-corrected chi connectivity index (χ2v) is 26.8. The van der Waals surface area contributed by atoms with Crippen LogP contribution in [0.15, 0.2) is 274 Å². The second kappa shape index (κ2) is 26.2. The average Bonchev–Trinajstić information content (AvgIpc) is 0.758. The molecule has 0 aliphatic rings. The summed E-state index contributed by atoms with van der Waals surface area (Å²) < 4.78 is 170. The third kappa shape index (κ3) is 14.2. The van der Waals surface area contributed by atoms with Crippen molar-refractivity contribution in [2.75, 3.05) is 0 Å². The molecule has 466 valence electrons. The summed E-state index contributed by atoms with van der Waals surface area (Å²) in [4.78, 5) is 0.0635. The quantitative estimate of drug-likeness (QED) is 0.0549. The van der Waals surface area contributed by atoms with Crippen LogP contribution in [0.5, 0.6) is 34.5 Å². The molecule has 2 atom stereocenters. The molecule has 10 aromatic rings. The van der Waals surface area contributed by atoms with Gasteiger partial charge in [0.15, 0.2) is 0 Å². The fourth-order valence-electron chi connectivity index (χ4n) is 10.9. The van der Waals surface area contributed by atoms with Crippen molar-refractivity contribution in [1.82, 2.24) is 0 Å². The number of aryl methyl sites for hydroxylation is 1. The third-order valence-corrected chi connectivity index (χ3v) is 19.1. The molecule has 2 unspecified atom stereocenters. The lowest BCUT2D eigenvalue weighted by atomic mass is 9.73. The zero-order chi connectivity index (χ0) is 64.9. The predicted molar refractivity (Wildman–Crippen MR) is 342 cm³/mol. The van der Waals surface area contributed by atoms with E-state index in [4.69, 9.17) is 18.9 Å². The Morgan fingerprint density at radius 2 is 0.703 bits per heavy atom. The molecule has 16 heteroatoms. The summed E-state index contributed by atoms with van der Waals surface area (Å²) in [5.41, 5.74) is 0.510. The van der Waals surface area contributed by atoms with Gasteiger partial charge in [-0.15, -0.1) is 0 Å². The fraction of sp³-hybridized carbons (Fsp3) is 0.173. The topological polar surface area (TPSA) is 105 Å². The first kappa shape index (κ1) is 64.6. The molecule has 0 heterocycles. The van der Waals surface area contributed by atoms with Gasteiger partial charge in [-0.2, -0.15) is 26.3 Å². The van der Waals surface area contributed by atoms with Gasteiger partial charge in [-0.25, -0.2) is 16.8 Å². The molecule has 0 radical (unpaired) electrons. The molecule has 0 saturated carbocycles. The van der Waals surface area contributed by atoms with Crippen LogP contribution < -0.4 is 18.9 Å². The molecule has 0 N–H and O–H groups in total. The highest BCUT2D eigenvalue weighted by Gasteiger charge is 2.72. The standard InChI is InChI=1S/C75H64F6O8S2/c1-7-69(88-63-36-28-58(29-37-63)73(74(76,77)78,75(79,80)81)57-26-34-60(35-27-57)87-62-40-46-67(47-41-62)90(82,83)65-42-18-50(2)19-43-65)51(3)52-24-44-66(45-25-52)91(84,85)68-48-38-61(39-49-68)86-59-30-20-55(21-31-59)70(53-14-10-8-11-15-53)71(54-16-12-9-13-17-54)56-22-32-64(33-23-56)89-72(4,5)6/h8-49,51,69H,7H2,1-6H3/b71-70-. The fourth-order valence-corrected chi connectivity index (χ4v) is 13.4. The Morgan fingerprint density at radius 1 is 0.396 bits per heavy atom. The van der Waals surface area contributed by atoms with Crippen LogP contribution in [-0.2, 0) is 25.1 Å². The molecule has 0 spiro atoms. The maximum atomic E-state index is 15.2. The van der Waals surface area contributed by atoms with Crippen molar-refractivity contribution in [3.05, 3.63) is 299 Å². The van der Waals surface area contributed by atoms with Crippen LogP contribution >= 0.6 is 0 Å². The summed E-state index contributed by atoms with van der Waals surface area (Å²) in [6.45, 7) is 11.5. The highest BCUT2D eigenvalue weighted by atomic mass is 32.2. The molecule has 0 aliphatic heterocycles. The Labute approximate surface area is 526 Å². The molecule has 91 heavy (non-hydrogen) atoms. The molecule has 0 saturated heterocycles. The first-order valence-corrected chi connectivity index (χ1v) is 32.2. The van der Waals surface area contributed by atoms with Crippen molar-refractivity contribution in [3.63, 3.8) is 0 Å². The van der Waals surface area contributed by atoms with Crippen LogP contribution in [0.1, 0.15) is 91.5 Å². The van der Waals surface area contributed by atoms with E-state index < -0.39 is 60.6 Å². The van der Waals surface area contributed by atoms with E-state index in [-0.39, 0.29) is 42.4 Å². The van der Waals surface area contributed by atoms with Crippen molar-refractivity contribution in [2.24, 2.45) is 0 Å². The molecule has 0 aromatic heterocycles. The summed E-state index contributed by atoms with van der Waals surface area (Å²) in [7, 11) is -7.90. The zero-order valence-corrected chi connectivity index (χ0v) is 52.1. The lowest BCUT2D eigenvalue weighted by molar-refractivity contribution is -0.288. The predicted octanol–water partition coefficient (Wildman–Crippen LogP) is 19.8. The molecule has 0 amide bonds. The van der Waals surface area contributed by atoms with Gasteiger partial charge in [0, 0.05) is 5.92 Å². The van der Waals surface area contributed by atoms with E-state index >= 15 is 26.3 Å². The Bertz CT molecular complexity index is 4350. The maximum Gasteiger partial charge on any atom is 0.411 e. The van der Waals surface area contributed by atoms with E-state index in [1.54, 1.807) is 36.4 Å². The van der Waals surface area contributed by atoms with E-state index in [1.807, 2.05) is 114 Å². The maximum absolute atomic E-state index is 15.2. The van der Waals surface area contributed by atoms with E-state index in [2.05, 4.69) is 36.4 Å². The zero-order valence-electron chi connectivity index (χ0n) is 50.5. The molecule has 10 rings (SSSR count). The van der Waals surface area contributed by atoms with Gasteiger partial charge in [-0.05, 0) is 206 Å². The van der Waals surface area contributed by atoms with E-state index in [9.17, 15) is 16.8 Å². The van der Waals surface area contributed by atoms with Crippen molar-refractivity contribution >= 4 is 30.8 Å². The monoisotopic (exact) mass is 1270 g/mol. The summed E-state index contributed by atoms with van der Waals surface area (Å²) >= 11 is 0. The molecule has 0 aliphatic carbocycles. The Balaban J connectivity index is 0.806. The summed E-state index contributed by atoms with van der Waals surface area (Å²) in [6.07, 6.45) is -12.0. The van der Waals surface area contributed by atoms with Gasteiger partial charge in [0.1, 0.15) is 46.2 Å². The van der Waals surface area contributed by atoms with Gasteiger partial charge in [0.2, 0.25) is 25.1 Å². The number of rotatable bonds is 20. The van der Waals surface area contributed by atoms with Crippen LogP contribution in [-0.4, -0.2) is 40.9 Å². The van der Waals surface area contributed by atoms with Crippen molar-refractivity contribution in [1.29, 1.82) is 0 Å². The number of hydrogen-bond donors (Lipinski definition) is 0. The van der Waals surface area contributed by atoms with E-state index in [1.165, 1.54) is 60.7 Å². The minimum Gasteiger partial charge on any atom is -0.490 e. The molecule has 0 bridgehead atoms. The number of alkyl halides is 6. The minimum atomic E-state index is -5.87. The summed E-state index contributed by atoms with van der Waals surface area (Å²) in [5, 5.41) is 0. The molecule has 10 aromatic carbocycles. The number of hydrogen-bond acceptors (Lipinski definition) is 8. The second-order valence-electron chi connectivity index (χ2n) is 22.9. The smallest absolute Gasteiger partial charge is 0.411 e. The van der Waals surface area contributed by atoms with Crippen LogP contribution in [0.2, 0.25) is 0 Å². The van der Waals surface area contributed by atoms with Gasteiger partial charge in [0.05, 0.1) is 19.6 Å². The summed E-state index contributed by atoms with van der Waals surface area (Å²) in [5.74, 6) is 1.29. The average molecular weight is 1270 g/mol. The van der Waals surface area contributed by atoms with E-state index in [0.717, 1.165) is 81.1 Å². The Hall–Kier alpha value is -9.38. The van der Waals surface area contributed by atoms with Crippen molar-refractivity contribution < 1.29 is 62.1 Å². The van der Waals surface area contributed by atoms with Gasteiger partial charge in [0.25, 0.3) is 0 Å². The Kier molecular flexibility index (Phi) is 18.6. The number of sulfone groups is 2. The number of benzene rings is 10.